The predicted molar refractivity (Wildman–Crippen MR) is 116 cm³/mol. The van der Waals surface area contributed by atoms with Crippen molar-refractivity contribution >= 4 is 22.9 Å². The van der Waals surface area contributed by atoms with E-state index >= 15 is 0 Å². The number of aromatic nitrogens is 2. The Morgan fingerprint density at radius 3 is 2.39 bits per heavy atom. The van der Waals surface area contributed by atoms with E-state index in [0.717, 1.165) is 22.3 Å². The summed E-state index contributed by atoms with van der Waals surface area (Å²) in [5, 5.41) is 0.272. The molecule has 0 bridgehead atoms. The van der Waals surface area contributed by atoms with Crippen molar-refractivity contribution in [3.05, 3.63) is 63.9 Å². The zero-order valence-corrected chi connectivity index (χ0v) is 18.2. The molecule has 0 atom stereocenters. The number of ether oxygens (including phenoxy) is 1. The van der Waals surface area contributed by atoms with Crippen molar-refractivity contribution in [3.8, 4) is 5.69 Å². The molecule has 6 nitrogen and oxygen atoms in total. The molecule has 2 aromatic carbocycles. The highest BCUT2D eigenvalue weighted by atomic mass is 19.1. The van der Waals surface area contributed by atoms with Crippen LogP contribution in [0.15, 0.2) is 41.2 Å². The number of nitrogens with zero attached hydrogens (tertiary/aromatic N) is 3. The molecule has 0 spiro atoms. The summed E-state index contributed by atoms with van der Waals surface area (Å²) in [5.41, 5.74) is -0.267. The van der Waals surface area contributed by atoms with Gasteiger partial charge in [-0.05, 0) is 57.9 Å². The predicted octanol–water partition coefficient (Wildman–Crippen LogP) is 5.12. The molecule has 0 saturated carbocycles. The van der Waals surface area contributed by atoms with Crippen LogP contribution in [0.2, 0.25) is 0 Å². The van der Waals surface area contributed by atoms with Gasteiger partial charge in [0, 0.05) is 12.6 Å². The molecule has 0 aliphatic carbocycles. The van der Waals surface area contributed by atoms with Crippen molar-refractivity contribution in [2.75, 3.05) is 11.4 Å². The molecule has 0 N–H and O–H groups in total. The second-order valence-corrected chi connectivity index (χ2v) is 8.28. The molecular formula is C23H25F2N3O3. The largest absolute Gasteiger partial charge is 0.443 e. The molecule has 0 aliphatic rings. The Hall–Kier alpha value is -3.29. The molecule has 1 heterocycles. The summed E-state index contributed by atoms with van der Waals surface area (Å²) < 4.78 is 34.6. The van der Waals surface area contributed by atoms with Gasteiger partial charge in [-0.2, -0.15) is 0 Å². The number of fused-ring (bicyclic) bond motifs is 1. The minimum Gasteiger partial charge on any atom is -0.443 e. The third-order valence-electron chi connectivity index (χ3n) is 4.49. The van der Waals surface area contributed by atoms with Crippen molar-refractivity contribution in [1.29, 1.82) is 0 Å². The summed E-state index contributed by atoms with van der Waals surface area (Å²) >= 11 is 0. The van der Waals surface area contributed by atoms with E-state index in [1.54, 1.807) is 45.9 Å². The lowest BCUT2D eigenvalue weighted by molar-refractivity contribution is 0.0577. The quantitative estimate of drug-likeness (QED) is 0.577. The molecule has 0 saturated heterocycles. The Bertz CT molecular complexity index is 1180. The Morgan fingerprint density at radius 1 is 1.16 bits per heavy atom. The van der Waals surface area contributed by atoms with Crippen molar-refractivity contribution in [2.45, 2.75) is 46.6 Å². The van der Waals surface area contributed by atoms with Gasteiger partial charge in [0.2, 0.25) is 5.95 Å². The third-order valence-corrected chi connectivity index (χ3v) is 4.49. The van der Waals surface area contributed by atoms with Gasteiger partial charge < -0.3 is 4.74 Å². The molecule has 164 valence electrons. The van der Waals surface area contributed by atoms with Gasteiger partial charge in [0.1, 0.15) is 17.2 Å². The summed E-state index contributed by atoms with van der Waals surface area (Å²) in [6, 6.07) is 7.85. The van der Waals surface area contributed by atoms with E-state index in [-0.39, 0.29) is 23.6 Å². The minimum atomic E-state index is -0.850. The molecule has 0 unspecified atom stereocenters. The zero-order valence-electron chi connectivity index (χ0n) is 18.2. The number of amides is 1. The van der Waals surface area contributed by atoms with Gasteiger partial charge in [-0.15, -0.1) is 0 Å². The molecule has 3 rings (SSSR count). The van der Waals surface area contributed by atoms with E-state index < -0.39 is 28.9 Å². The second kappa shape index (κ2) is 8.45. The highest BCUT2D eigenvalue weighted by molar-refractivity contribution is 5.89. The summed E-state index contributed by atoms with van der Waals surface area (Å²) in [5.74, 6) is -1.76. The van der Waals surface area contributed by atoms with Gasteiger partial charge in [0.15, 0.2) is 0 Å². The lowest BCUT2D eigenvalue weighted by Crippen LogP contribution is -2.41. The number of hydrogen-bond acceptors (Lipinski definition) is 4. The minimum absolute atomic E-state index is 0.0621. The topological polar surface area (TPSA) is 64.4 Å². The van der Waals surface area contributed by atoms with Crippen LogP contribution >= 0.6 is 0 Å². The number of aryl methyl sites for hydroxylation is 1. The van der Waals surface area contributed by atoms with Crippen LogP contribution in [-0.4, -0.2) is 27.8 Å². The maximum absolute atomic E-state index is 14.0. The number of rotatable bonds is 4. The van der Waals surface area contributed by atoms with Crippen LogP contribution in [0.1, 0.15) is 39.7 Å². The van der Waals surface area contributed by atoms with Gasteiger partial charge in [0.05, 0.1) is 16.6 Å². The molecule has 8 heteroatoms. The van der Waals surface area contributed by atoms with E-state index in [1.165, 1.54) is 4.90 Å². The normalized spacial score (nSPS) is 11.6. The summed E-state index contributed by atoms with van der Waals surface area (Å²) in [7, 11) is 0. The van der Waals surface area contributed by atoms with Crippen LogP contribution in [0.25, 0.3) is 16.6 Å². The van der Waals surface area contributed by atoms with E-state index in [2.05, 4.69) is 4.98 Å². The van der Waals surface area contributed by atoms with Crippen molar-refractivity contribution in [2.24, 2.45) is 0 Å². The van der Waals surface area contributed by atoms with Crippen LogP contribution in [0.4, 0.5) is 19.5 Å². The second-order valence-electron chi connectivity index (χ2n) is 8.28. The number of anilines is 1. The van der Waals surface area contributed by atoms with Crippen LogP contribution in [-0.2, 0) is 4.74 Å². The zero-order chi connectivity index (χ0) is 22.9. The highest BCUT2D eigenvalue weighted by Crippen LogP contribution is 2.24. The number of para-hydroxylation sites is 1. The first-order chi connectivity index (χ1) is 14.5. The van der Waals surface area contributed by atoms with Crippen LogP contribution in [0.3, 0.4) is 0 Å². The van der Waals surface area contributed by atoms with E-state index in [0.29, 0.717) is 18.0 Å². The lowest BCUT2D eigenvalue weighted by atomic mass is 10.1. The fraction of sp³-hybridized carbons (Fsp3) is 0.348. The molecular weight excluding hydrogens is 404 g/mol. The third kappa shape index (κ3) is 4.73. The van der Waals surface area contributed by atoms with Crippen molar-refractivity contribution < 1.29 is 18.3 Å². The lowest BCUT2D eigenvalue weighted by Gasteiger charge is -2.28. The Morgan fingerprint density at radius 2 is 1.81 bits per heavy atom. The van der Waals surface area contributed by atoms with Gasteiger partial charge in [-0.1, -0.05) is 19.1 Å². The van der Waals surface area contributed by atoms with Crippen LogP contribution in [0.5, 0.6) is 0 Å². The average Bonchev–Trinajstić information content (AvgIpc) is 2.64. The van der Waals surface area contributed by atoms with E-state index in [4.69, 9.17) is 4.74 Å². The molecule has 1 aromatic heterocycles. The molecule has 0 radical (unpaired) electrons. The first-order valence-electron chi connectivity index (χ1n) is 10.0. The number of carbonyl (C=O) groups is 1. The SMILES string of the molecule is CCCN(C(=O)OC(C)(C)C)c1nc2c(C)cccc2c(=O)n1-c1cc(F)cc(F)c1. The summed E-state index contributed by atoms with van der Waals surface area (Å²) in [6.45, 7) is 9.01. The Kier molecular flexibility index (Phi) is 6.10. The number of benzene rings is 2. The van der Waals surface area contributed by atoms with Gasteiger partial charge in [-0.3, -0.25) is 4.79 Å². The maximum atomic E-state index is 14.0. The van der Waals surface area contributed by atoms with Gasteiger partial charge >= 0.3 is 6.09 Å². The van der Waals surface area contributed by atoms with Crippen molar-refractivity contribution in [1.82, 2.24) is 9.55 Å². The first-order valence-corrected chi connectivity index (χ1v) is 10.0. The fourth-order valence-corrected chi connectivity index (χ4v) is 3.24. The standard InChI is InChI=1S/C23H25F2N3O3/c1-6-10-27(22(30)31-23(3,4)5)21-26-19-14(2)8-7-9-18(19)20(29)28(21)17-12-15(24)11-16(25)13-17/h7-9,11-13H,6,10H2,1-5H3. The maximum Gasteiger partial charge on any atom is 0.417 e. The van der Waals surface area contributed by atoms with E-state index in [1.807, 2.05) is 6.92 Å². The highest BCUT2D eigenvalue weighted by Gasteiger charge is 2.28. The molecule has 0 fully saturated rings. The van der Waals surface area contributed by atoms with Gasteiger partial charge in [-0.25, -0.2) is 28.0 Å². The monoisotopic (exact) mass is 429 g/mol. The average molecular weight is 429 g/mol. The number of halogens is 2. The van der Waals surface area contributed by atoms with Crippen LogP contribution in [0, 0.1) is 18.6 Å². The Labute approximate surface area is 179 Å². The Balaban J connectivity index is 2.37. The smallest absolute Gasteiger partial charge is 0.417 e. The van der Waals surface area contributed by atoms with Crippen LogP contribution < -0.4 is 10.5 Å². The molecule has 0 aliphatic heterocycles. The molecule has 31 heavy (non-hydrogen) atoms. The number of carbonyl (C=O) groups excluding carboxylic acids is 1. The van der Waals surface area contributed by atoms with Gasteiger partial charge in [0.25, 0.3) is 5.56 Å². The summed E-state index contributed by atoms with van der Waals surface area (Å²) in [6.07, 6.45) is -0.168. The molecule has 1 amide bonds. The van der Waals surface area contributed by atoms with E-state index in [9.17, 15) is 18.4 Å². The number of hydrogen-bond donors (Lipinski definition) is 0. The van der Waals surface area contributed by atoms with Crippen molar-refractivity contribution in [3.63, 3.8) is 0 Å². The fourth-order valence-electron chi connectivity index (χ4n) is 3.24. The first kappa shape index (κ1) is 22.4. The molecule has 3 aromatic rings. The summed E-state index contributed by atoms with van der Waals surface area (Å²) in [4.78, 5) is 32.2.